The number of anilines is 1. The molecular formula is C22H26FN3O3Se. The first kappa shape index (κ1) is 22.4. The average Bonchev–Trinajstić information content (AvgIpc) is 3.30. The molecule has 8 heteroatoms. The minimum atomic E-state index is -0.371. The van der Waals surface area contributed by atoms with Crippen LogP contribution in [-0.4, -0.2) is 64.0 Å². The second kappa shape index (κ2) is 10.7. The van der Waals surface area contributed by atoms with Crippen molar-refractivity contribution in [3.63, 3.8) is 0 Å². The van der Waals surface area contributed by atoms with Crippen LogP contribution < -0.4 is 10.6 Å². The van der Waals surface area contributed by atoms with Gasteiger partial charge in [0.25, 0.3) is 0 Å². The average molecular weight is 478 g/mol. The molecule has 0 saturated heterocycles. The Kier molecular flexibility index (Phi) is 7.99. The molecule has 1 aromatic heterocycles. The number of likely N-dealkylation sites (N-methyl/N-ethyl adjacent to an activating group) is 1. The van der Waals surface area contributed by atoms with E-state index < -0.39 is 0 Å². The summed E-state index contributed by atoms with van der Waals surface area (Å²) in [6, 6.07) is 6.24. The van der Waals surface area contributed by atoms with Crippen molar-refractivity contribution < 1.29 is 18.7 Å². The van der Waals surface area contributed by atoms with Gasteiger partial charge in [-0.2, -0.15) is 0 Å². The predicted octanol–water partition coefficient (Wildman–Crippen LogP) is 2.35. The van der Waals surface area contributed by atoms with E-state index in [1.165, 1.54) is 12.1 Å². The van der Waals surface area contributed by atoms with Crippen molar-refractivity contribution in [2.45, 2.75) is 20.5 Å². The summed E-state index contributed by atoms with van der Waals surface area (Å²) in [5, 5.41) is 5.62. The molecule has 0 bridgehead atoms. The van der Waals surface area contributed by atoms with E-state index >= 15 is 0 Å². The van der Waals surface area contributed by atoms with Crippen LogP contribution in [0.2, 0.25) is 0 Å². The fourth-order valence-electron chi connectivity index (χ4n) is 3.20. The summed E-state index contributed by atoms with van der Waals surface area (Å²) >= 11 is 0.0636. The predicted molar refractivity (Wildman–Crippen MR) is 117 cm³/mol. The molecule has 0 spiro atoms. The molecule has 30 heavy (non-hydrogen) atoms. The Morgan fingerprint density at radius 3 is 2.87 bits per heavy atom. The monoisotopic (exact) mass is 479 g/mol. The molecule has 0 fully saturated rings. The van der Waals surface area contributed by atoms with E-state index in [9.17, 15) is 14.0 Å². The van der Waals surface area contributed by atoms with E-state index in [0.29, 0.717) is 30.0 Å². The summed E-state index contributed by atoms with van der Waals surface area (Å²) in [4.78, 5) is 28.4. The van der Waals surface area contributed by atoms with Gasteiger partial charge in [-0.3, -0.25) is 0 Å². The number of fused-ring (bicyclic) bond motifs is 1. The molecule has 0 radical (unpaired) electrons. The Hall–Kier alpha value is -2.25. The van der Waals surface area contributed by atoms with Crippen molar-refractivity contribution in [1.29, 1.82) is 0 Å². The summed E-state index contributed by atoms with van der Waals surface area (Å²) in [5.41, 5.74) is 2.67. The van der Waals surface area contributed by atoms with Gasteiger partial charge in [0, 0.05) is 0 Å². The second-order valence-electron chi connectivity index (χ2n) is 6.93. The van der Waals surface area contributed by atoms with Gasteiger partial charge in [0.2, 0.25) is 0 Å². The van der Waals surface area contributed by atoms with E-state index in [1.807, 2.05) is 12.1 Å². The third kappa shape index (κ3) is 5.89. The Morgan fingerprint density at radius 1 is 1.30 bits per heavy atom. The fraction of sp³-hybridized carbons (Fsp3) is 0.364. The van der Waals surface area contributed by atoms with Crippen molar-refractivity contribution in [2.75, 3.05) is 38.1 Å². The fourth-order valence-corrected chi connectivity index (χ4v) is 4.94. The number of amides is 2. The van der Waals surface area contributed by atoms with E-state index in [2.05, 4.69) is 34.3 Å². The van der Waals surface area contributed by atoms with Crippen LogP contribution in [0.5, 0.6) is 0 Å². The van der Waals surface area contributed by atoms with Gasteiger partial charge in [0.1, 0.15) is 0 Å². The molecular weight excluding hydrogens is 452 g/mol. The van der Waals surface area contributed by atoms with Crippen molar-refractivity contribution in [3.8, 4) is 0 Å². The van der Waals surface area contributed by atoms with Gasteiger partial charge in [-0.05, 0) is 0 Å². The van der Waals surface area contributed by atoms with Gasteiger partial charge in [-0.25, -0.2) is 0 Å². The summed E-state index contributed by atoms with van der Waals surface area (Å²) in [6.45, 7) is 7.91. The Balaban J connectivity index is 1.49. The molecule has 1 aliphatic heterocycles. The first-order valence-corrected chi connectivity index (χ1v) is 11.8. The zero-order valence-corrected chi connectivity index (χ0v) is 18.9. The zero-order valence-electron chi connectivity index (χ0n) is 17.2. The molecule has 160 valence electrons. The third-order valence-electron chi connectivity index (χ3n) is 4.87. The number of nitrogens with zero attached hydrogens (tertiary/aromatic N) is 1. The van der Waals surface area contributed by atoms with Crippen LogP contribution in [0.1, 0.15) is 29.4 Å². The molecule has 2 heterocycles. The molecule has 2 N–H and O–H groups in total. The first-order valence-electron chi connectivity index (χ1n) is 9.97. The molecule has 2 amide bonds. The molecule has 3 rings (SSSR count). The first-order chi connectivity index (χ1) is 14.5. The van der Waals surface area contributed by atoms with Gasteiger partial charge >= 0.3 is 182 Å². The van der Waals surface area contributed by atoms with Gasteiger partial charge in [-0.1, -0.05) is 0 Å². The van der Waals surface area contributed by atoms with Gasteiger partial charge < -0.3 is 0 Å². The number of hydrogen-bond acceptors (Lipinski definition) is 4. The van der Waals surface area contributed by atoms with Crippen LogP contribution in [0.3, 0.4) is 0 Å². The molecule has 0 saturated carbocycles. The van der Waals surface area contributed by atoms with E-state index in [0.717, 1.165) is 29.6 Å². The maximum absolute atomic E-state index is 13.6. The summed E-state index contributed by atoms with van der Waals surface area (Å²) in [7, 11) is 0. The number of halogens is 1. The van der Waals surface area contributed by atoms with E-state index in [4.69, 9.17) is 4.74 Å². The Labute approximate surface area is 181 Å². The van der Waals surface area contributed by atoms with Crippen LogP contribution in [0.25, 0.3) is 11.6 Å². The number of rotatable bonds is 10. The number of hydrogen-bond donors (Lipinski definition) is 2. The number of nitrogens with one attached hydrogen (secondary N) is 2. The van der Waals surface area contributed by atoms with Crippen LogP contribution >= 0.6 is 0 Å². The van der Waals surface area contributed by atoms with Crippen molar-refractivity contribution in [1.82, 2.24) is 10.2 Å². The molecule has 0 unspecified atom stereocenters. The molecule has 0 atom stereocenters. The van der Waals surface area contributed by atoms with Crippen LogP contribution in [0.15, 0.2) is 29.2 Å². The standard InChI is InChI=1S/C22H26FN3O3Se/c1-3-26(4-2)8-7-24-21(27)13-29-12-15-9-17(30-14-15)11-19-18-10-16(23)5-6-20(18)25-22(19)28/h5-6,9-11,14H,3-4,7-8,12-13H2,1-2H3,(H,24,27)(H,25,28). The maximum atomic E-state index is 13.6. The van der Waals surface area contributed by atoms with Gasteiger partial charge in [-0.15, -0.1) is 0 Å². The summed E-state index contributed by atoms with van der Waals surface area (Å²) in [6.07, 6.45) is 1.81. The molecule has 6 nitrogen and oxygen atoms in total. The van der Waals surface area contributed by atoms with Gasteiger partial charge in [0.05, 0.1) is 0 Å². The topological polar surface area (TPSA) is 70.7 Å². The van der Waals surface area contributed by atoms with E-state index in [-0.39, 0.29) is 38.7 Å². The Bertz CT molecular complexity index is 937. The third-order valence-corrected chi connectivity index (χ3v) is 6.82. The number of benzene rings is 1. The number of ether oxygens (including phenoxy) is 1. The molecule has 2 aromatic rings. The molecule has 1 aliphatic rings. The molecule has 1 aromatic carbocycles. The summed E-state index contributed by atoms with van der Waals surface area (Å²) < 4.78 is 20.1. The van der Waals surface area contributed by atoms with Crippen LogP contribution in [0, 0.1) is 5.82 Å². The summed E-state index contributed by atoms with van der Waals surface area (Å²) in [5.74, 6) is -0.720. The second-order valence-corrected chi connectivity index (χ2v) is 8.91. The minimum absolute atomic E-state index is 0.0158. The number of carbonyl (C=O) groups is 2. The Morgan fingerprint density at radius 2 is 2.10 bits per heavy atom. The van der Waals surface area contributed by atoms with Crippen molar-refractivity contribution >= 4 is 43.7 Å². The van der Waals surface area contributed by atoms with Gasteiger partial charge in [0.15, 0.2) is 0 Å². The van der Waals surface area contributed by atoms with Crippen LogP contribution in [-0.2, 0) is 20.9 Å². The number of carbonyl (C=O) groups excluding carboxylic acids is 2. The van der Waals surface area contributed by atoms with Crippen molar-refractivity contribution in [2.24, 2.45) is 0 Å². The van der Waals surface area contributed by atoms with Crippen LogP contribution in [0.4, 0.5) is 10.1 Å². The molecule has 0 aliphatic carbocycles. The van der Waals surface area contributed by atoms with E-state index in [1.54, 1.807) is 6.07 Å². The normalized spacial score (nSPS) is 14.3. The quantitative estimate of drug-likeness (QED) is 0.407. The zero-order chi connectivity index (χ0) is 21.5. The SMILES string of the molecule is CCN(CC)CCNC(=O)COCc1c[se]c(C=C2C(=O)Nc3ccc(F)cc32)c1. The van der Waals surface area contributed by atoms with Crippen molar-refractivity contribution in [3.05, 3.63) is 50.6 Å².